The summed E-state index contributed by atoms with van der Waals surface area (Å²) in [4.78, 5) is 1.40. The van der Waals surface area contributed by atoms with Crippen LogP contribution in [-0.4, -0.2) is 21.0 Å². The molecule has 0 fully saturated rings. The van der Waals surface area contributed by atoms with Crippen LogP contribution in [0.1, 0.15) is 39.5 Å². The SMILES string of the molecule is CC(C)NCc1cc(S(=O)(=O)NCC(C)(C)C)cs1. The maximum Gasteiger partial charge on any atom is 0.241 e. The van der Waals surface area contributed by atoms with Crippen LogP contribution in [0, 0.1) is 5.41 Å². The van der Waals surface area contributed by atoms with E-state index >= 15 is 0 Å². The Kier molecular flexibility index (Phi) is 5.55. The first kappa shape index (κ1) is 16.6. The largest absolute Gasteiger partial charge is 0.310 e. The molecule has 4 nitrogen and oxygen atoms in total. The molecule has 0 saturated heterocycles. The minimum absolute atomic E-state index is 0.0644. The molecule has 110 valence electrons. The van der Waals surface area contributed by atoms with E-state index in [2.05, 4.69) is 23.9 Å². The van der Waals surface area contributed by atoms with Crippen molar-refractivity contribution in [3.05, 3.63) is 16.3 Å². The van der Waals surface area contributed by atoms with Gasteiger partial charge in [0.05, 0.1) is 4.90 Å². The minimum atomic E-state index is -3.38. The summed E-state index contributed by atoms with van der Waals surface area (Å²) in [7, 11) is -3.38. The molecule has 19 heavy (non-hydrogen) atoms. The minimum Gasteiger partial charge on any atom is -0.310 e. The van der Waals surface area contributed by atoms with E-state index in [-0.39, 0.29) is 5.41 Å². The fourth-order valence-electron chi connectivity index (χ4n) is 1.29. The normalized spacial score (nSPS) is 13.2. The molecule has 0 saturated carbocycles. The van der Waals surface area contributed by atoms with Crippen LogP contribution in [0.2, 0.25) is 0 Å². The highest BCUT2D eigenvalue weighted by Crippen LogP contribution is 2.20. The molecule has 0 radical (unpaired) electrons. The van der Waals surface area contributed by atoms with Crippen molar-refractivity contribution in [2.75, 3.05) is 6.54 Å². The second-order valence-electron chi connectivity index (χ2n) is 6.17. The van der Waals surface area contributed by atoms with Gasteiger partial charge in [-0.3, -0.25) is 0 Å². The smallest absolute Gasteiger partial charge is 0.241 e. The molecule has 1 aromatic rings. The summed E-state index contributed by atoms with van der Waals surface area (Å²) in [5.41, 5.74) is -0.0644. The highest BCUT2D eigenvalue weighted by atomic mass is 32.2. The van der Waals surface area contributed by atoms with E-state index in [1.807, 2.05) is 20.8 Å². The Labute approximate surface area is 120 Å². The van der Waals surface area contributed by atoms with Crippen LogP contribution >= 0.6 is 11.3 Å². The van der Waals surface area contributed by atoms with E-state index in [9.17, 15) is 8.42 Å². The van der Waals surface area contributed by atoms with Crippen molar-refractivity contribution < 1.29 is 8.42 Å². The Morgan fingerprint density at radius 2 is 1.95 bits per heavy atom. The monoisotopic (exact) mass is 304 g/mol. The van der Waals surface area contributed by atoms with E-state index in [1.165, 1.54) is 11.3 Å². The van der Waals surface area contributed by atoms with Crippen LogP contribution in [0.4, 0.5) is 0 Å². The number of nitrogens with one attached hydrogen (secondary N) is 2. The Morgan fingerprint density at radius 3 is 2.47 bits per heavy atom. The lowest BCUT2D eigenvalue weighted by Crippen LogP contribution is -2.32. The third kappa shape index (κ3) is 6.03. The first-order valence-corrected chi connectivity index (χ1v) is 8.77. The van der Waals surface area contributed by atoms with Gasteiger partial charge < -0.3 is 5.32 Å². The molecular weight excluding hydrogens is 280 g/mol. The summed E-state index contributed by atoms with van der Waals surface area (Å²) in [5, 5.41) is 4.97. The second kappa shape index (κ2) is 6.35. The molecule has 0 unspecified atom stereocenters. The second-order valence-corrected chi connectivity index (χ2v) is 8.93. The molecule has 0 spiro atoms. The number of hydrogen-bond donors (Lipinski definition) is 2. The Bertz CT molecular complexity index is 499. The zero-order valence-electron chi connectivity index (χ0n) is 12.3. The first-order valence-electron chi connectivity index (χ1n) is 6.41. The van der Waals surface area contributed by atoms with Crippen LogP contribution in [0.15, 0.2) is 16.3 Å². The van der Waals surface area contributed by atoms with Crippen molar-refractivity contribution in [3.8, 4) is 0 Å². The van der Waals surface area contributed by atoms with Gasteiger partial charge in [-0.15, -0.1) is 11.3 Å². The quantitative estimate of drug-likeness (QED) is 0.849. The van der Waals surface area contributed by atoms with Crippen LogP contribution in [0.5, 0.6) is 0 Å². The number of sulfonamides is 1. The summed E-state index contributed by atoms with van der Waals surface area (Å²) >= 11 is 1.47. The average molecular weight is 304 g/mol. The van der Waals surface area contributed by atoms with Gasteiger partial charge in [-0.25, -0.2) is 13.1 Å². The summed E-state index contributed by atoms with van der Waals surface area (Å²) < 4.78 is 26.9. The van der Waals surface area contributed by atoms with Crippen molar-refractivity contribution in [1.82, 2.24) is 10.0 Å². The summed E-state index contributed by atoms with van der Waals surface area (Å²) in [6.07, 6.45) is 0. The first-order chi connectivity index (χ1) is 8.60. The number of rotatable bonds is 6. The zero-order valence-corrected chi connectivity index (χ0v) is 13.9. The van der Waals surface area contributed by atoms with Crippen molar-refractivity contribution in [2.24, 2.45) is 5.41 Å². The summed E-state index contributed by atoms with van der Waals surface area (Å²) in [6.45, 7) is 11.3. The maximum absolute atomic E-state index is 12.1. The molecular formula is C13H24N2O2S2. The van der Waals surface area contributed by atoms with Gasteiger partial charge in [-0.2, -0.15) is 0 Å². The lowest BCUT2D eigenvalue weighted by Gasteiger charge is -2.18. The predicted octanol–water partition coefficient (Wildman–Crippen LogP) is 2.57. The Balaban J connectivity index is 2.69. The van der Waals surface area contributed by atoms with E-state index in [0.717, 1.165) is 4.88 Å². The lowest BCUT2D eigenvalue weighted by molar-refractivity contribution is 0.407. The summed E-state index contributed by atoms with van der Waals surface area (Å²) in [6, 6.07) is 2.13. The van der Waals surface area contributed by atoms with Crippen LogP contribution < -0.4 is 10.0 Å². The number of thiophene rings is 1. The predicted molar refractivity (Wildman–Crippen MR) is 80.9 cm³/mol. The summed E-state index contributed by atoms with van der Waals surface area (Å²) in [5.74, 6) is 0. The highest BCUT2D eigenvalue weighted by molar-refractivity contribution is 7.89. The maximum atomic E-state index is 12.1. The third-order valence-corrected chi connectivity index (χ3v) is 4.88. The van der Waals surface area contributed by atoms with Gasteiger partial charge >= 0.3 is 0 Å². The molecule has 1 rings (SSSR count). The zero-order chi connectivity index (χ0) is 14.7. The standard InChI is InChI=1S/C13H24N2O2S2/c1-10(2)14-7-11-6-12(8-18-11)19(16,17)15-9-13(3,4)5/h6,8,10,14-15H,7,9H2,1-5H3. The molecule has 0 amide bonds. The average Bonchev–Trinajstić information content (AvgIpc) is 2.72. The van der Waals surface area contributed by atoms with Gasteiger partial charge in [0, 0.05) is 29.4 Å². The van der Waals surface area contributed by atoms with Crippen molar-refractivity contribution in [2.45, 2.75) is 52.1 Å². The van der Waals surface area contributed by atoms with Gasteiger partial charge in [0.1, 0.15) is 0 Å². The van der Waals surface area contributed by atoms with Crippen LogP contribution in [0.3, 0.4) is 0 Å². The number of hydrogen-bond acceptors (Lipinski definition) is 4. The molecule has 0 atom stereocenters. The topological polar surface area (TPSA) is 58.2 Å². The highest BCUT2D eigenvalue weighted by Gasteiger charge is 2.19. The van der Waals surface area contributed by atoms with Gasteiger partial charge in [0.25, 0.3) is 0 Å². The molecule has 6 heteroatoms. The molecule has 0 aliphatic heterocycles. The van der Waals surface area contributed by atoms with Crippen LogP contribution in [-0.2, 0) is 16.6 Å². The Morgan fingerprint density at radius 1 is 1.32 bits per heavy atom. The molecule has 0 aliphatic carbocycles. The molecule has 0 aliphatic rings. The molecule has 2 N–H and O–H groups in total. The fourth-order valence-corrected chi connectivity index (χ4v) is 3.80. The van der Waals surface area contributed by atoms with E-state index in [0.29, 0.717) is 24.0 Å². The van der Waals surface area contributed by atoms with E-state index in [1.54, 1.807) is 11.4 Å². The lowest BCUT2D eigenvalue weighted by atomic mass is 9.98. The van der Waals surface area contributed by atoms with E-state index < -0.39 is 10.0 Å². The third-order valence-electron chi connectivity index (χ3n) is 2.42. The molecule has 0 aromatic carbocycles. The van der Waals surface area contributed by atoms with Gasteiger partial charge in [0.15, 0.2) is 0 Å². The van der Waals surface area contributed by atoms with Gasteiger partial charge in [0.2, 0.25) is 10.0 Å². The van der Waals surface area contributed by atoms with Crippen LogP contribution in [0.25, 0.3) is 0 Å². The fraction of sp³-hybridized carbons (Fsp3) is 0.692. The molecule has 1 aromatic heterocycles. The molecule has 1 heterocycles. The van der Waals surface area contributed by atoms with Crippen molar-refractivity contribution in [1.29, 1.82) is 0 Å². The van der Waals surface area contributed by atoms with Gasteiger partial charge in [-0.05, 0) is 11.5 Å². The van der Waals surface area contributed by atoms with Gasteiger partial charge in [-0.1, -0.05) is 34.6 Å². The molecule has 0 bridgehead atoms. The Hall–Kier alpha value is -0.430. The van der Waals surface area contributed by atoms with Crippen molar-refractivity contribution >= 4 is 21.4 Å². The van der Waals surface area contributed by atoms with E-state index in [4.69, 9.17) is 0 Å². The van der Waals surface area contributed by atoms with Crippen molar-refractivity contribution in [3.63, 3.8) is 0 Å².